The molecule has 2 aromatic rings. The van der Waals surface area contributed by atoms with Crippen molar-refractivity contribution < 1.29 is 19.4 Å². The van der Waals surface area contributed by atoms with E-state index in [1.54, 1.807) is 0 Å². The summed E-state index contributed by atoms with van der Waals surface area (Å²) in [5, 5.41) is 22.4. The van der Waals surface area contributed by atoms with Crippen molar-refractivity contribution in [1.82, 2.24) is 0 Å². The maximum absolute atomic E-state index is 10.6. The molecule has 0 aliphatic heterocycles. The Bertz CT molecular complexity index is 512. The van der Waals surface area contributed by atoms with Crippen molar-refractivity contribution in [3.63, 3.8) is 0 Å². The highest BCUT2D eigenvalue weighted by atomic mass is 32.1. The Morgan fingerprint density at radius 1 is 1.44 bits per heavy atom. The number of rotatable bonds is 3. The van der Waals surface area contributed by atoms with Gasteiger partial charge in [-0.25, -0.2) is 4.79 Å². The monoisotopic (exact) mass is 238 g/mol. The predicted molar refractivity (Wildman–Crippen MR) is 58.8 cm³/mol. The molecular formula is C11H10O4S. The fraction of sp³-hybridized carbons (Fsp3) is 0.182. The molecule has 2 heterocycles. The summed E-state index contributed by atoms with van der Waals surface area (Å²) in [5.74, 6) is -1.05. The largest absolute Gasteiger partial charge is 0.475 e. The van der Waals surface area contributed by atoms with Crippen LogP contribution in [0.25, 0.3) is 0 Å². The van der Waals surface area contributed by atoms with Crippen molar-refractivity contribution in [2.75, 3.05) is 0 Å². The molecular weight excluding hydrogens is 228 g/mol. The molecule has 2 N–H and O–H groups in total. The van der Waals surface area contributed by atoms with E-state index in [4.69, 9.17) is 9.52 Å². The molecule has 0 saturated heterocycles. The fourth-order valence-electron chi connectivity index (χ4n) is 1.42. The van der Waals surface area contributed by atoms with E-state index in [1.165, 1.54) is 23.5 Å². The van der Waals surface area contributed by atoms with Crippen LogP contribution in [-0.4, -0.2) is 16.2 Å². The highest BCUT2D eigenvalue weighted by Crippen LogP contribution is 2.28. The first-order chi connectivity index (χ1) is 7.59. The molecule has 84 valence electrons. The summed E-state index contributed by atoms with van der Waals surface area (Å²) >= 11 is 1.48. The maximum atomic E-state index is 10.6. The standard InChI is InChI=1S/C11H10O4S/c1-6-4-16-5-7(6)10(12)8-2-3-9(15-8)11(13)14/h2-5,10,12H,1H3,(H,13,14). The Morgan fingerprint density at radius 2 is 2.19 bits per heavy atom. The highest BCUT2D eigenvalue weighted by molar-refractivity contribution is 7.08. The minimum atomic E-state index is -1.14. The number of furan rings is 1. The van der Waals surface area contributed by atoms with E-state index in [0.717, 1.165) is 11.1 Å². The molecule has 0 aliphatic carbocycles. The number of thiophene rings is 1. The van der Waals surface area contributed by atoms with Crippen LogP contribution in [0.3, 0.4) is 0 Å². The lowest BCUT2D eigenvalue weighted by atomic mass is 10.1. The van der Waals surface area contributed by atoms with Crippen molar-refractivity contribution in [3.05, 3.63) is 45.5 Å². The molecule has 0 fully saturated rings. The number of carboxylic acid groups (broad SMARTS) is 1. The predicted octanol–water partition coefficient (Wildman–Crippen LogP) is 2.43. The zero-order valence-corrected chi connectivity index (χ0v) is 9.32. The van der Waals surface area contributed by atoms with E-state index in [-0.39, 0.29) is 11.5 Å². The quantitative estimate of drug-likeness (QED) is 0.861. The van der Waals surface area contributed by atoms with Gasteiger partial charge in [-0.1, -0.05) is 0 Å². The van der Waals surface area contributed by atoms with Crippen molar-refractivity contribution >= 4 is 17.3 Å². The van der Waals surface area contributed by atoms with Gasteiger partial charge in [-0.3, -0.25) is 0 Å². The van der Waals surface area contributed by atoms with E-state index in [2.05, 4.69) is 0 Å². The van der Waals surface area contributed by atoms with E-state index >= 15 is 0 Å². The number of aliphatic hydroxyl groups is 1. The number of hydrogen-bond donors (Lipinski definition) is 2. The van der Waals surface area contributed by atoms with Gasteiger partial charge in [0.1, 0.15) is 11.9 Å². The third-order valence-electron chi connectivity index (χ3n) is 2.30. The van der Waals surface area contributed by atoms with Crippen LogP contribution in [0, 0.1) is 6.92 Å². The minimum absolute atomic E-state index is 0.165. The van der Waals surface area contributed by atoms with Gasteiger partial charge in [-0.2, -0.15) is 11.3 Å². The molecule has 16 heavy (non-hydrogen) atoms. The first-order valence-corrected chi connectivity index (χ1v) is 5.57. The van der Waals surface area contributed by atoms with Gasteiger partial charge in [0.05, 0.1) is 0 Å². The van der Waals surface area contributed by atoms with Gasteiger partial charge in [0, 0.05) is 5.56 Å². The number of aliphatic hydroxyl groups excluding tert-OH is 1. The van der Waals surface area contributed by atoms with Crippen LogP contribution in [0.1, 0.15) is 33.5 Å². The molecule has 0 bridgehead atoms. The van der Waals surface area contributed by atoms with Crippen LogP contribution < -0.4 is 0 Å². The molecule has 0 aliphatic rings. The molecule has 0 spiro atoms. The summed E-state index contributed by atoms with van der Waals surface area (Å²) in [7, 11) is 0. The highest BCUT2D eigenvalue weighted by Gasteiger charge is 2.19. The summed E-state index contributed by atoms with van der Waals surface area (Å²) in [5.41, 5.74) is 1.71. The summed E-state index contributed by atoms with van der Waals surface area (Å²) in [4.78, 5) is 10.6. The topological polar surface area (TPSA) is 70.7 Å². The lowest BCUT2D eigenvalue weighted by molar-refractivity contribution is 0.0655. The Balaban J connectivity index is 2.31. The molecule has 0 aromatic carbocycles. The normalized spacial score (nSPS) is 12.6. The Labute approximate surface area is 95.8 Å². The van der Waals surface area contributed by atoms with Crippen LogP contribution in [0.4, 0.5) is 0 Å². The van der Waals surface area contributed by atoms with Crippen molar-refractivity contribution in [2.45, 2.75) is 13.0 Å². The number of carbonyl (C=O) groups is 1. The molecule has 0 amide bonds. The zero-order valence-electron chi connectivity index (χ0n) is 8.51. The molecule has 1 unspecified atom stereocenters. The summed E-state index contributed by atoms with van der Waals surface area (Å²) < 4.78 is 5.04. The molecule has 0 saturated carbocycles. The van der Waals surface area contributed by atoms with Gasteiger partial charge in [-0.15, -0.1) is 0 Å². The lowest BCUT2D eigenvalue weighted by Crippen LogP contribution is -1.98. The average Bonchev–Trinajstić information content (AvgIpc) is 2.84. The van der Waals surface area contributed by atoms with Crippen LogP contribution in [0.5, 0.6) is 0 Å². The van der Waals surface area contributed by atoms with Gasteiger partial charge in [-0.05, 0) is 35.4 Å². The number of hydrogen-bond acceptors (Lipinski definition) is 4. The smallest absolute Gasteiger partial charge is 0.371 e. The summed E-state index contributed by atoms with van der Waals surface area (Å²) in [6, 6.07) is 2.81. The maximum Gasteiger partial charge on any atom is 0.371 e. The molecule has 2 rings (SSSR count). The summed E-state index contributed by atoms with van der Waals surface area (Å²) in [6.45, 7) is 1.89. The Kier molecular flexibility index (Phi) is 2.80. The Morgan fingerprint density at radius 3 is 2.69 bits per heavy atom. The average molecular weight is 238 g/mol. The lowest BCUT2D eigenvalue weighted by Gasteiger charge is -2.06. The number of carboxylic acids is 1. The second-order valence-corrected chi connectivity index (χ2v) is 4.16. The first-order valence-electron chi connectivity index (χ1n) is 4.63. The van der Waals surface area contributed by atoms with Crippen molar-refractivity contribution in [1.29, 1.82) is 0 Å². The van der Waals surface area contributed by atoms with Gasteiger partial charge < -0.3 is 14.6 Å². The number of aryl methyl sites for hydroxylation is 1. The van der Waals surface area contributed by atoms with Gasteiger partial charge in [0.25, 0.3) is 0 Å². The van der Waals surface area contributed by atoms with Gasteiger partial charge in [0.2, 0.25) is 5.76 Å². The van der Waals surface area contributed by atoms with Crippen molar-refractivity contribution in [3.8, 4) is 0 Å². The second-order valence-electron chi connectivity index (χ2n) is 3.42. The van der Waals surface area contributed by atoms with Gasteiger partial charge in [0.15, 0.2) is 0 Å². The van der Waals surface area contributed by atoms with E-state index in [1.807, 2.05) is 17.7 Å². The van der Waals surface area contributed by atoms with Gasteiger partial charge >= 0.3 is 5.97 Å². The third-order valence-corrected chi connectivity index (χ3v) is 3.18. The van der Waals surface area contributed by atoms with E-state index in [0.29, 0.717) is 0 Å². The molecule has 0 radical (unpaired) electrons. The SMILES string of the molecule is Cc1cscc1C(O)c1ccc(C(=O)O)o1. The van der Waals surface area contributed by atoms with E-state index < -0.39 is 12.1 Å². The van der Waals surface area contributed by atoms with Crippen LogP contribution in [-0.2, 0) is 0 Å². The molecule has 5 heteroatoms. The molecule has 1 atom stereocenters. The van der Waals surface area contributed by atoms with Crippen molar-refractivity contribution in [2.24, 2.45) is 0 Å². The Hall–Kier alpha value is -1.59. The van der Waals surface area contributed by atoms with Crippen LogP contribution >= 0.6 is 11.3 Å². The first kappa shape index (κ1) is 10.9. The van der Waals surface area contributed by atoms with Crippen LogP contribution in [0.15, 0.2) is 27.3 Å². The fourth-order valence-corrected chi connectivity index (χ4v) is 2.29. The second kappa shape index (κ2) is 4.11. The number of aromatic carboxylic acids is 1. The molecule has 4 nitrogen and oxygen atoms in total. The third kappa shape index (κ3) is 1.87. The molecule has 2 aromatic heterocycles. The summed E-state index contributed by atoms with van der Waals surface area (Å²) in [6.07, 6.45) is -0.903. The van der Waals surface area contributed by atoms with E-state index in [9.17, 15) is 9.90 Å². The van der Waals surface area contributed by atoms with Crippen LogP contribution in [0.2, 0.25) is 0 Å². The zero-order chi connectivity index (χ0) is 11.7. The minimum Gasteiger partial charge on any atom is -0.475 e.